The van der Waals surface area contributed by atoms with Crippen LogP contribution in [0, 0.1) is 6.92 Å². The smallest absolute Gasteiger partial charge is 0.265 e. The molecule has 1 amide bonds. The molecule has 0 aliphatic rings. The van der Waals surface area contributed by atoms with Crippen LogP contribution in [0.5, 0.6) is 0 Å². The van der Waals surface area contributed by atoms with Gasteiger partial charge >= 0.3 is 0 Å². The second kappa shape index (κ2) is 4.98. The number of fused-ring (bicyclic) bond motifs is 1. The summed E-state index contributed by atoms with van der Waals surface area (Å²) in [6.07, 6.45) is 0. The van der Waals surface area contributed by atoms with Crippen LogP contribution in [-0.2, 0) is 0 Å². The fourth-order valence-corrected chi connectivity index (χ4v) is 3.01. The summed E-state index contributed by atoms with van der Waals surface area (Å²) in [5.74, 6) is -0.122. The SMILES string of the molecule is Cc1ccc(N)c(NC(=O)c2cc3ccccc3s2)c1. The molecule has 1 heterocycles. The fourth-order valence-electron chi connectivity index (χ4n) is 2.06. The average molecular weight is 282 g/mol. The minimum absolute atomic E-state index is 0.122. The molecule has 2 aromatic carbocycles. The van der Waals surface area contributed by atoms with E-state index < -0.39 is 0 Å². The number of nitrogens with two attached hydrogens (primary N) is 1. The maximum atomic E-state index is 12.3. The summed E-state index contributed by atoms with van der Waals surface area (Å²) in [4.78, 5) is 13.0. The third-order valence-electron chi connectivity index (χ3n) is 3.11. The summed E-state index contributed by atoms with van der Waals surface area (Å²) in [5.41, 5.74) is 8.17. The fraction of sp³-hybridized carbons (Fsp3) is 0.0625. The van der Waals surface area contributed by atoms with E-state index in [0.29, 0.717) is 16.3 Å². The lowest BCUT2D eigenvalue weighted by atomic mass is 10.2. The lowest BCUT2D eigenvalue weighted by molar-refractivity contribution is 0.103. The molecular formula is C16H14N2OS. The van der Waals surface area contributed by atoms with E-state index >= 15 is 0 Å². The van der Waals surface area contributed by atoms with E-state index in [4.69, 9.17) is 5.73 Å². The van der Waals surface area contributed by atoms with Gasteiger partial charge in [0.05, 0.1) is 16.3 Å². The minimum atomic E-state index is -0.122. The summed E-state index contributed by atoms with van der Waals surface area (Å²) in [6, 6.07) is 15.5. The Morgan fingerprint density at radius 2 is 1.95 bits per heavy atom. The molecule has 0 atom stereocenters. The topological polar surface area (TPSA) is 55.1 Å². The number of rotatable bonds is 2. The van der Waals surface area contributed by atoms with E-state index in [1.165, 1.54) is 11.3 Å². The Morgan fingerprint density at radius 3 is 2.75 bits per heavy atom. The maximum Gasteiger partial charge on any atom is 0.265 e. The number of hydrogen-bond donors (Lipinski definition) is 2. The van der Waals surface area contributed by atoms with Crippen LogP contribution < -0.4 is 11.1 Å². The van der Waals surface area contributed by atoms with Gasteiger partial charge in [0.15, 0.2) is 0 Å². The van der Waals surface area contributed by atoms with Gasteiger partial charge in [0, 0.05) is 4.70 Å². The molecule has 0 aliphatic heterocycles. The highest BCUT2D eigenvalue weighted by Crippen LogP contribution is 2.27. The zero-order valence-electron chi connectivity index (χ0n) is 11.0. The molecule has 0 radical (unpaired) electrons. The van der Waals surface area contributed by atoms with Gasteiger partial charge in [-0.05, 0) is 42.1 Å². The summed E-state index contributed by atoms with van der Waals surface area (Å²) in [7, 11) is 0. The Morgan fingerprint density at radius 1 is 1.15 bits per heavy atom. The van der Waals surface area contributed by atoms with Crippen molar-refractivity contribution in [2.75, 3.05) is 11.1 Å². The standard InChI is InChI=1S/C16H14N2OS/c1-10-6-7-12(17)13(8-10)18-16(19)15-9-11-4-2-3-5-14(11)20-15/h2-9H,17H2,1H3,(H,18,19). The number of carbonyl (C=O) groups excluding carboxylic acids is 1. The summed E-state index contributed by atoms with van der Waals surface area (Å²) in [6.45, 7) is 1.97. The monoisotopic (exact) mass is 282 g/mol. The number of aryl methyl sites for hydroxylation is 1. The van der Waals surface area contributed by atoms with Crippen molar-refractivity contribution in [2.45, 2.75) is 6.92 Å². The molecule has 0 aliphatic carbocycles. The molecule has 1 aromatic heterocycles. The first-order valence-corrected chi connectivity index (χ1v) is 7.11. The van der Waals surface area contributed by atoms with E-state index in [2.05, 4.69) is 5.32 Å². The summed E-state index contributed by atoms with van der Waals surface area (Å²) < 4.78 is 1.11. The number of carbonyl (C=O) groups is 1. The highest BCUT2D eigenvalue weighted by molar-refractivity contribution is 7.20. The number of thiophene rings is 1. The van der Waals surface area contributed by atoms with Gasteiger partial charge in [-0.3, -0.25) is 4.79 Å². The Labute approximate surface area is 121 Å². The van der Waals surface area contributed by atoms with Crippen LogP contribution in [-0.4, -0.2) is 5.91 Å². The van der Waals surface area contributed by atoms with Crippen molar-refractivity contribution in [1.29, 1.82) is 0 Å². The normalized spacial score (nSPS) is 10.7. The molecule has 3 nitrogen and oxygen atoms in total. The number of nitrogen functional groups attached to an aromatic ring is 1. The van der Waals surface area contributed by atoms with E-state index in [9.17, 15) is 4.79 Å². The van der Waals surface area contributed by atoms with E-state index in [1.54, 1.807) is 6.07 Å². The molecule has 0 saturated heterocycles. The van der Waals surface area contributed by atoms with Gasteiger partial charge < -0.3 is 11.1 Å². The quantitative estimate of drug-likeness (QED) is 0.697. The van der Waals surface area contributed by atoms with E-state index in [-0.39, 0.29) is 5.91 Å². The number of anilines is 2. The predicted molar refractivity (Wildman–Crippen MR) is 85.4 cm³/mol. The number of amides is 1. The molecule has 0 unspecified atom stereocenters. The van der Waals surface area contributed by atoms with Gasteiger partial charge in [-0.15, -0.1) is 11.3 Å². The molecule has 3 aromatic rings. The zero-order valence-corrected chi connectivity index (χ0v) is 11.8. The van der Waals surface area contributed by atoms with Crippen molar-refractivity contribution in [3.05, 3.63) is 59.0 Å². The maximum absolute atomic E-state index is 12.3. The Hall–Kier alpha value is -2.33. The lowest BCUT2D eigenvalue weighted by Gasteiger charge is -2.07. The first-order valence-electron chi connectivity index (χ1n) is 6.29. The molecule has 4 heteroatoms. The molecule has 0 saturated carbocycles. The predicted octanol–water partition coefficient (Wildman–Crippen LogP) is 4.04. The largest absolute Gasteiger partial charge is 0.397 e. The number of nitrogens with one attached hydrogen (secondary N) is 1. The second-order valence-corrected chi connectivity index (χ2v) is 5.78. The van der Waals surface area contributed by atoms with Gasteiger partial charge in [0.1, 0.15) is 0 Å². The lowest BCUT2D eigenvalue weighted by Crippen LogP contribution is -2.11. The number of benzene rings is 2. The Balaban J connectivity index is 1.90. The highest BCUT2D eigenvalue weighted by Gasteiger charge is 2.11. The third-order valence-corrected chi connectivity index (χ3v) is 4.22. The third kappa shape index (κ3) is 2.38. The van der Waals surface area contributed by atoms with Gasteiger partial charge in [-0.2, -0.15) is 0 Å². The van der Waals surface area contributed by atoms with Crippen molar-refractivity contribution in [2.24, 2.45) is 0 Å². The van der Waals surface area contributed by atoms with Crippen LogP contribution in [0.15, 0.2) is 48.5 Å². The first kappa shape index (κ1) is 12.7. The van der Waals surface area contributed by atoms with Crippen LogP contribution in [0.1, 0.15) is 15.2 Å². The van der Waals surface area contributed by atoms with Crippen LogP contribution in [0.2, 0.25) is 0 Å². The van der Waals surface area contributed by atoms with E-state index in [0.717, 1.165) is 15.6 Å². The zero-order chi connectivity index (χ0) is 14.1. The second-order valence-electron chi connectivity index (χ2n) is 4.69. The minimum Gasteiger partial charge on any atom is -0.397 e. The molecule has 3 rings (SSSR count). The molecule has 20 heavy (non-hydrogen) atoms. The average Bonchev–Trinajstić information content (AvgIpc) is 2.87. The Bertz CT molecular complexity index is 759. The first-order chi connectivity index (χ1) is 9.63. The van der Waals surface area contributed by atoms with Crippen LogP contribution in [0.3, 0.4) is 0 Å². The van der Waals surface area contributed by atoms with Crippen LogP contribution >= 0.6 is 11.3 Å². The molecular weight excluding hydrogens is 268 g/mol. The van der Waals surface area contributed by atoms with Crippen molar-refractivity contribution in [1.82, 2.24) is 0 Å². The van der Waals surface area contributed by atoms with Gasteiger partial charge in [0.2, 0.25) is 0 Å². The van der Waals surface area contributed by atoms with Gasteiger partial charge in [-0.1, -0.05) is 24.3 Å². The van der Waals surface area contributed by atoms with Gasteiger partial charge in [0.25, 0.3) is 5.91 Å². The molecule has 0 fully saturated rings. The van der Waals surface area contributed by atoms with Crippen molar-refractivity contribution < 1.29 is 4.79 Å². The molecule has 3 N–H and O–H groups in total. The van der Waals surface area contributed by atoms with Crippen LogP contribution in [0.4, 0.5) is 11.4 Å². The van der Waals surface area contributed by atoms with E-state index in [1.807, 2.05) is 49.4 Å². The van der Waals surface area contributed by atoms with Crippen molar-refractivity contribution in [3.63, 3.8) is 0 Å². The molecule has 100 valence electrons. The summed E-state index contributed by atoms with van der Waals surface area (Å²) in [5, 5.41) is 3.96. The highest BCUT2D eigenvalue weighted by atomic mass is 32.1. The molecule has 0 bridgehead atoms. The number of hydrogen-bond acceptors (Lipinski definition) is 3. The Kier molecular flexibility index (Phi) is 3.16. The molecule has 0 spiro atoms. The van der Waals surface area contributed by atoms with Crippen LogP contribution in [0.25, 0.3) is 10.1 Å². The van der Waals surface area contributed by atoms with Crippen molar-refractivity contribution >= 4 is 38.7 Å². The summed E-state index contributed by atoms with van der Waals surface area (Å²) >= 11 is 1.48. The van der Waals surface area contributed by atoms with Crippen molar-refractivity contribution in [3.8, 4) is 0 Å². The van der Waals surface area contributed by atoms with Gasteiger partial charge in [-0.25, -0.2) is 0 Å².